The molecule has 1 fully saturated rings. The number of aromatic nitrogens is 1. The third-order valence-corrected chi connectivity index (χ3v) is 5.21. The van der Waals surface area contributed by atoms with Crippen molar-refractivity contribution in [2.24, 2.45) is 7.05 Å². The van der Waals surface area contributed by atoms with Crippen molar-refractivity contribution in [1.82, 2.24) is 9.47 Å². The van der Waals surface area contributed by atoms with E-state index in [4.69, 9.17) is 10.00 Å². The second kappa shape index (κ2) is 9.23. The molecule has 1 saturated heterocycles. The van der Waals surface area contributed by atoms with E-state index in [2.05, 4.69) is 6.07 Å². The molecule has 0 spiro atoms. The number of hydrogen-bond donors (Lipinski definition) is 0. The Morgan fingerprint density at radius 1 is 1.21 bits per heavy atom. The predicted octanol–water partition coefficient (Wildman–Crippen LogP) is 3.33. The Balaban J connectivity index is 1.55. The summed E-state index contributed by atoms with van der Waals surface area (Å²) in [4.78, 5) is 27.0. The summed E-state index contributed by atoms with van der Waals surface area (Å²) in [5.74, 6) is -0.337. The van der Waals surface area contributed by atoms with Crippen LogP contribution in [0, 0.1) is 11.3 Å². The number of hydrogen-bond acceptors (Lipinski definition) is 4. The van der Waals surface area contributed by atoms with Gasteiger partial charge in [0.2, 0.25) is 0 Å². The second-order valence-corrected chi connectivity index (χ2v) is 7.11. The minimum absolute atomic E-state index is 0.0385. The van der Waals surface area contributed by atoms with Crippen molar-refractivity contribution in [3.05, 3.63) is 59.4 Å². The number of ether oxygens (including phenoxy) is 1. The van der Waals surface area contributed by atoms with E-state index in [0.29, 0.717) is 24.1 Å². The van der Waals surface area contributed by atoms with Gasteiger partial charge in [0.05, 0.1) is 24.7 Å². The number of nitrogens with zero attached hydrogens (tertiary/aromatic N) is 3. The molecule has 6 heteroatoms. The number of amides is 1. The van der Waals surface area contributed by atoms with Crippen molar-refractivity contribution in [3.8, 4) is 6.07 Å². The molecule has 0 aliphatic carbocycles. The lowest BCUT2D eigenvalue weighted by Crippen LogP contribution is -2.44. The molecule has 0 bridgehead atoms. The fourth-order valence-electron chi connectivity index (χ4n) is 3.62. The summed E-state index contributed by atoms with van der Waals surface area (Å²) in [6, 6.07) is 12.8. The highest BCUT2D eigenvalue weighted by molar-refractivity contribution is 5.93. The standard InChI is InChI=1S/C22H25N3O3/c1-24-14-4-6-20(24)21(26)25-15-3-2-5-19(25)12-16-28-22(27)18-9-7-17(8-10-18)11-13-23/h4,6-10,14,19H,2-3,5,11-12,15-16H2,1H3. The predicted molar refractivity (Wildman–Crippen MR) is 105 cm³/mol. The SMILES string of the molecule is Cn1cccc1C(=O)N1CCCCC1CCOC(=O)c1ccc(CC#N)cc1. The van der Waals surface area contributed by atoms with Gasteiger partial charge in [-0.1, -0.05) is 12.1 Å². The second-order valence-electron chi connectivity index (χ2n) is 7.11. The molecule has 2 heterocycles. The van der Waals surface area contributed by atoms with E-state index in [1.54, 1.807) is 24.3 Å². The van der Waals surface area contributed by atoms with E-state index in [1.807, 2.05) is 34.8 Å². The molecule has 1 aromatic heterocycles. The normalized spacial score (nSPS) is 16.4. The maximum atomic E-state index is 12.9. The third kappa shape index (κ3) is 4.61. The fourth-order valence-corrected chi connectivity index (χ4v) is 3.62. The van der Waals surface area contributed by atoms with Crippen molar-refractivity contribution < 1.29 is 14.3 Å². The van der Waals surface area contributed by atoms with Crippen molar-refractivity contribution >= 4 is 11.9 Å². The van der Waals surface area contributed by atoms with Crippen LogP contribution in [0.2, 0.25) is 0 Å². The Bertz CT molecular complexity index is 864. The van der Waals surface area contributed by atoms with Crippen molar-refractivity contribution in [3.63, 3.8) is 0 Å². The molecule has 1 aliphatic rings. The molecular weight excluding hydrogens is 354 g/mol. The van der Waals surface area contributed by atoms with Crippen LogP contribution in [0.1, 0.15) is 52.1 Å². The van der Waals surface area contributed by atoms with Crippen molar-refractivity contribution in [2.45, 2.75) is 38.1 Å². The minimum Gasteiger partial charge on any atom is -0.462 e. The molecule has 0 saturated carbocycles. The van der Waals surface area contributed by atoms with E-state index < -0.39 is 0 Å². The quantitative estimate of drug-likeness (QED) is 0.722. The Kier molecular flexibility index (Phi) is 6.49. The molecule has 1 aliphatic heterocycles. The first-order valence-corrected chi connectivity index (χ1v) is 9.65. The lowest BCUT2D eigenvalue weighted by atomic mass is 9.99. The van der Waals surface area contributed by atoms with Gasteiger partial charge >= 0.3 is 5.97 Å². The van der Waals surface area contributed by atoms with Crippen LogP contribution in [0.25, 0.3) is 0 Å². The van der Waals surface area contributed by atoms with Crippen LogP contribution >= 0.6 is 0 Å². The molecule has 0 N–H and O–H groups in total. The van der Waals surface area contributed by atoms with Crippen LogP contribution in [-0.2, 0) is 18.2 Å². The highest BCUT2D eigenvalue weighted by atomic mass is 16.5. The van der Waals surface area contributed by atoms with Gasteiger partial charge < -0.3 is 14.2 Å². The van der Waals surface area contributed by atoms with Crippen LogP contribution < -0.4 is 0 Å². The first-order chi connectivity index (χ1) is 13.6. The van der Waals surface area contributed by atoms with Gasteiger partial charge in [0.15, 0.2) is 0 Å². The van der Waals surface area contributed by atoms with Crippen LogP contribution in [0.15, 0.2) is 42.6 Å². The van der Waals surface area contributed by atoms with Gasteiger partial charge in [-0.3, -0.25) is 4.79 Å². The van der Waals surface area contributed by atoms with Crippen LogP contribution in [-0.4, -0.2) is 40.5 Å². The molecule has 1 amide bonds. The number of carbonyl (C=O) groups excluding carboxylic acids is 2. The summed E-state index contributed by atoms with van der Waals surface area (Å²) in [7, 11) is 1.87. The summed E-state index contributed by atoms with van der Waals surface area (Å²) in [5, 5.41) is 8.70. The zero-order valence-corrected chi connectivity index (χ0v) is 16.1. The lowest BCUT2D eigenvalue weighted by molar-refractivity contribution is 0.0406. The molecular formula is C22H25N3O3. The summed E-state index contributed by atoms with van der Waals surface area (Å²) in [5.41, 5.74) is 2.03. The van der Waals surface area contributed by atoms with Crippen molar-refractivity contribution in [2.75, 3.05) is 13.2 Å². The maximum absolute atomic E-state index is 12.9. The highest BCUT2D eigenvalue weighted by Gasteiger charge is 2.28. The van der Waals surface area contributed by atoms with Gasteiger partial charge in [0.25, 0.3) is 5.91 Å². The lowest BCUT2D eigenvalue weighted by Gasteiger charge is -2.35. The number of nitriles is 1. The summed E-state index contributed by atoms with van der Waals surface area (Å²) in [6.07, 6.45) is 5.83. The van der Waals surface area contributed by atoms with Gasteiger partial charge in [-0.15, -0.1) is 0 Å². The Morgan fingerprint density at radius 2 is 2.00 bits per heavy atom. The van der Waals surface area contributed by atoms with Gasteiger partial charge in [-0.05, 0) is 49.1 Å². The first kappa shape index (κ1) is 19.7. The third-order valence-electron chi connectivity index (χ3n) is 5.21. The van der Waals surface area contributed by atoms with Crippen molar-refractivity contribution in [1.29, 1.82) is 5.26 Å². The molecule has 146 valence electrons. The number of carbonyl (C=O) groups is 2. The molecule has 6 nitrogen and oxygen atoms in total. The average Bonchev–Trinajstić information content (AvgIpc) is 3.14. The Labute approximate surface area is 165 Å². The molecule has 0 radical (unpaired) electrons. The number of esters is 1. The number of piperidine rings is 1. The molecule has 2 aromatic rings. The zero-order valence-electron chi connectivity index (χ0n) is 16.1. The van der Waals surface area contributed by atoms with E-state index in [1.165, 1.54) is 0 Å². The molecule has 1 atom stereocenters. The summed E-state index contributed by atoms with van der Waals surface area (Å²) < 4.78 is 7.26. The fraction of sp³-hybridized carbons (Fsp3) is 0.409. The Morgan fingerprint density at radius 3 is 2.68 bits per heavy atom. The summed E-state index contributed by atoms with van der Waals surface area (Å²) >= 11 is 0. The smallest absolute Gasteiger partial charge is 0.338 e. The van der Waals surface area contributed by atoms with E-state index in [0.717, 1.165) is 31.4 Å². The Hall–Kier alpha value is -3.07. The zero-order chi connectivity index (χ0) is 19.9. The minimum atomic E-state index is -0.375. The van der Waals surface area contributed by atoms with Gasteiger partial charge in [0, 0.05) is 32.3 Å². The molecule has 1 aromatic carbocycles. The van der Waals surface area contributed by atoms with E-state index >= 15 is 0 Å². The maximum Gasteiger partial charge on any atom is 0.338 e. The topological polar surface area (TPSA) is 75.3 Å². The number of rotatable bonds is 6. The van der Waals surface area contributed by atoms with Crippen LogP contribution in [0.3, 0.4) is 0 Å². The summed E-state index contributed by atoms with van der Waals surface area (Å²) in [6.45, 7) is 1.02. The van der Waals surface area contributed by atoms with E-state index in [9.17, 15) is 9.59 Å². The molecule has 1 unspecified atom stereocenters. The molecule has 28 heavy (non-hydrogen) atoms. The number of aryl methyl sites for hydroxylation is 1. The largest absolute Gasteiger partial charge is 0.462 e. The van der Waals surface area contributed by atoms with Gasteiger partial charge in [0.1, 0.15) is 5.69 Å². The average molecular weight is 379 g/mol. The van der Waals surface area contributed by atoms with Gasteiger partial charge in [-0.2, -0.15) is 5.26 Å². The molecule has 3 rings (SSSR count). The monoisotopic (exact) mass is 379 g/mol. The number of likely N-dealkylation sites (tertiary alicyclic amines) is 1. The van der Waals surface area contributed by atoms with Gasteiger partial charge in [-0.25, -0.2) is 4.79 Å². The van der Waals surface area contributed by atoms with Crippen LogP contribution in [0.4, 0.5) is 0 Å². The number of benzene rings is 1. The first-order valence-electron chi connectivity index (χ1n) is 9.65. The van der Waals surface area contributed by atoms with E-state index in [-0.39, 0.29) is 24.5 Å². The van der Waals surface area contributed by atoms with Crippen LogP contribution in [0.5, 0.6) is 0 Å². The highest BCUT2D eigenvalue weighted by Crippen LogP contribution is 2.22.